The molecule has 0 aliphatic rings. The van der Waals surface area contributed by atoms with E-state index in [4.69, 9.17) is 14.2 Å². The SMILES string of the molecule is CCOC(Cc1ccc(OCCN(CCCCOc2ccc(F)cc2)C(=O)NCC(F)(F)F)cc1)C(=O)O. The number of nitrogens with one attached hydrogen (secondary N) is 1. The largest absolute Gasteiger partial charge is 0.494 e. The van der Waals surface area contributed by atoms with Crippen LogP contribution in [0.25, 0.3) is 0 Å². The van der Waals surface area contributed by atoms with Crippen LogP contribution in [0.3, 0.4) is 0 Å². The molecule has 2 rings (SSSR count). The van der Waals surface area contributed by atoms with E-state index < -0.39 is 30.8 Å². The number of carboxylic acids is 1. The number of hydrogen-bond donors (Lipinski definition) is 2. The van der Waals surface area contributed by atoms with Crippen LogP contribution in [0.15, 0.2) is 48.5 Å². The molecule has 0 fully saturated rings. The molecule has 0 bridgehead atoms. The first kappa shape index (κ1) is 30.7. The molecule has 2 amide bonds. The average Bonchev–Trinajstić information content (AvgIpc) is 2.87. The molecule has 2 aromatic carbocycles. The first-order valence-corrected chi connectivity index (χ1v) is 12.1. The maximum absolute atomic E-state index is 13.0. The smallest absolute Gasteiger partial charge is 0.405 e. The molecule has 210 valence electrons. The third-order valence-electron chi connectivity index (χ3n) is 5.25. The standard InChI is InChI=1S/C26H32F4N2O6/c1-2-36-23(24(33)34)17-19-5-9-21(10-6-19)38-16-14-32(25(35)31-18-26(28,29)30)13-3-4-15-37-22-11-7-20(27)8-12-22/h5-12,23H,2-4,13-18H2,1H3,(H,31,35)(H,33,34). The Bertz CT molecular complexity index is 987. The molecule has 0 heterocycles. The van der Waals surface area contributed by atoms with E-state index in [9.17, 15) is 32.3 Å². The van der Waals surface area contributed by atoms with Crippen molar-refractivity contribution in [2.24, 2.45) is 0 Å². The minimum atomic E-state index is -4.54. The highest BCUT2D eigenvalue weighted by Gasteiger charge is 2.28. The third kappa shape index (κ3) is 12.1. The van der Waals surface area contributed by atoms with Crippen LogP contribution in [0.2, 0.25) is 0 Å². The predicted octanol–water partition coefficient (Wildman–Crippen LogP) is 4.67. The summed E-state index contributed by atoms with van der Waals surface area (Å²) in [6.07, 6.45) is -4.34. The number of ether oxygens (including phenoxy) is 3. The van der Waals surface area contributed by atoms with Gasteiger partial charge in [-0.2, -0.15) is 13.2 Å². The van der Waals surface area contributed by atoms with Crippen molar-refractivity contribution in [3.05, 3.63) is 59.9 Å². The number of nitrogens with zero attached hydrogens (tertiary/aromatic N) is 1. The van der Waals surface area contributed by atoms with Crippen LogP contribution in [0.4, 0.5) is 22.4 Å². The first-order valence-electron chi connectivity index (χ1n) is 12.1. The molecule has 1 unspecified atom stereocenters. The lowest BCUT2D eigenvalue weighted by Gasteiger charge is -2.23. The van der Waals surface area contributed by atoms with Crippen LogP contribution in [0, 0.1) is 5.82 Å². The van der Waals surface area contributed by atoms with Gasteiger partial charge in [-0.25, -0.2) is 14.0 Å². The van der Waals surface area contributed by atoms with Gasteiger partial charge in [-0.3, -0.25) is 0 Å². The lowest BCUT2D eigenvalue weighted by atomic mass is 10.1. The number of carbonyl (C=O) groups excluding carboxylic acids is 1. The first-order chi connectivity index (χ1) is 18.1. The van der Waals surface area contributed by atoms with Gasteiger partial charge in [0.25, 0.3) is 0 Å². The van der Waals surface area contributed by atoms with Crippen LogP contribution < -0.4 is 14.8 Å². The van der Waals surface area contributed by atoms with Crippen LogP contribution in [0.1, 0.15) is 25.3 Å². The fraction of sp³-hybridized carbons (Fsp3) is 0.462. The van der Waals surface area contributed by atoms with Gasteiger partial charge < -0.3 is 29.5 Å². The highest BCUT2D eigenvalue weighted by Crippen LogP contribution is 2.16. The van der Waals surface area contributed by atoms with E-state index in [0.717, 1.165) is 5.56 Å². The lowest BCUT2D eigenvalue weighted by Crippen LogP contribution is -2.45. The molecule has 0 spiro atoms. The molecule has 0 aromatic heterocycles. The molecule has 0 radical (unpaired) electrons. The van der Waals surface area contributed by atoms with Crippen molar-refractivity contribution in [3.8, 4) is 11.5 Å². The van der Waals surface area contributed by atoms with E-state index >= 15 is 0 Å². The van der Waals surface area contributed by atoms with Gasteiger partial charge in [0.2, 0.25) is 0 Å². The summed E-state index contributed by atoms with van der Waals surface area (Å²) in [7, 11) is 0. The van der Waals surface area contributed by atoms with Crippen molar-refractivity contribution in [2.75, 3.05) is 39.5 Å². The fourth-order valence-corrected chi connectivity index (χ4v) is 3.36. The molecule has 38 heavy (non-hydrogen) atoms. The summed E-state index contributed by atoms with van der Waals surface area (Å²) >= 11 is 0. The molecule has 1 atom stereocenters. The van der Waals surface area contributed by atoms with E-state index in [0.29, 0.717) is 30.9 Å². The lowest BCUT2D eigenvalue weighted by molar-refractivity contribution is -0.150. The number of amides is 2. The van der Waals surface area contributed by atoms with Gasteiger partial charge in [0.05, 0.1) is 13.2 Å². The minimum absolute atomic E-state index is 0.0293. The Morgan fingerprint density at radius 1 is 0.947 bits per heavy atom. The van der Waals surface area contributed by atoms with Gasteiger partial charge in [-0.05, 0) is 61.7 Å². The van der Waals surface area contributed by atoms with Gasteiger partial charge >= 0.3 is 18.2 Å². The van der Waals surface area contributed by atoms with E-state index in [1.165, 1.54) is 29.2 Å². The molecule has 8 nitrogen and oxygen atoms in total. The Labute approximate surface area is 218 Å². The van der Waals surface area contributed by atoms with Gasteiger partial charge in [0, 0.05) is 19.6 Å². The summed E-state index contributed by atoms with van der Waals surface area (Å²) in [6.45, 7) is 1.06. The summed E-state index contributed by atoms with van der Waals surface area (Å²) in [5.74, 6) is -0.496. The summed E-state index contributed by atoms with van der Waals surface area (Å²) in [5, 5.41) is 11.1. The van der Waals surface area contributed by atoms with Gasteiger partial charge in [0.15, 0.2) is 6.10 Å². The molecular formula is C26H32F4N2O6. The number of carboxylic acid groups (broad SMARTS) is 1. The van der Waals surface area contributed by atoms with Crippen LogP contribution in [-0.2, 0) is 16.0 Å². The Hall–Kier alpha value is -3.54. The number of alkyl halides is 3. The third-order valence-corrected chi connectivity index (χ3v) is 5.25. The Morgan fingerprint density at radius 2 is 1.55 bits per heavy atom. The van der Waals surface area contributed by atoms with E-state index in [2.05, 4.69) is 0 Å². The number of benzene rings is 2. The molecule has 2 aromatic rings. The van der Waals surface area contributed by atoms with Crippen molar-refractivity contribution < 1.29 is 46.5 Å². The van der Waals surface area contributed by atoms with Crippen molar-refractivity contribution in [2.45, 2.75) is 38.5 Å². The van der Waals surface area contributed by atoms with Crippen LogP contribution >= 0.6 is 0 Å². The number of carbonyl (C=O) groups is 2. The topological polar surface area (TPSA) is 97.3 Å². The maximum atomic E-state index is 13.0. The normalized spacial score (nSPS) is 12.0. The number of halogens is 4. The quantitative estimate of drug-likeness (QED) is 0.236. The number of unbranched alkanes of at least 4 members (excludes halogenated alkanes) is 1. The molecular weight excluding hydrogens is 512 g/mol. The van der Waals surface area contributed by atoms with E-state index in [1.54, 1.807) is 31.2 Å². The zero-order valence-corrected chi connectivity index (χ0v) is 21.0. The summed E-state index contributed by atoms with van der Waals surface area (Å²) in [5.41, 5.74) is 0.731. The van der Waals surface area contributed by atoms with E-state index in [1.807, 2.05) is 5.32 Å². The number of hydrogen-bond acceptors (Lipinski definition) is 5. The molecule has 0 saturated heterocycles. The van der Waals surface area contributed by atoms with Crippen LogP contribution in [-0.4, -0.2) is 73.7 Å². The Morgan fingerprint density at radius 3 is 2.13 bits per heavy atom. The average molecular weight is 545 g/mol. The second-order valence-electron chi connectivity index (χ2n) is 8.25. The van der Waals surface area contributed by atoms with Crippen molar-refractivity contribution in [1.29, 1.82) is 0 Å². The highest BCUT2D eigenvalue weighted by atomic mass is 19.4. The second-order valence-corrected chi connectivity index (χ2v) is 8.25. The molecule has 12 heteroatoms. The second kappa shape index (κ2) is 15.7. The Balaban J connectivity index is 1.83. The van der Waals surface area contributed by atoms with Crippen molar-refractivity contribution in [3.63, 3.8) is 0 Å². The number of rotatable bonds is 16. The zero-order valence-electron chi connectivity index (χ0n) is 21.0. The summed E-state index contributed by atoms with van der Waals surface area (Å²) < 4.78 is 66.9. The van der Waals surface area contributed by atoms with Crippen molar-refractivity contribution in [1.82, 2.24) is 10.2 Å². The molecule has 0 aliphatic heterocycles. The molecule has 0 aliphatic carbocycles. The minimum Gasteiger partial charge on any atom is -0.494 e. The zero-order chi connectivity index (χ0) is 28.0. The maximum Gasteiger partial charge on any atom is 0.405 e. The number of urea groups is 1. The molecule has 0 saturated carbocycles. The Kier molecular flexibility index (Phi) is 12.6. The highest BCUT2D eigenvalue weighted by molar-refractivity contribution is 5.74. The van der Waals surface area contributed by atoms with Crippen molar-refractivity contribution >= 4 is 12.0 Å². The predicted molar refractivity (Wildman–Crippen MR) is 131 cm³/mol. The monoisotopic (exact) mass is 544 g/mol. The van der Waals surface area contributed by atoms with Crippen LogP contribution in [0.5, 0.6) is 11.5 Å². The van der Waals surface area contributed by atoms with Gasteiger partial charge in [-0.1, -0.05) is 12.1 Å². The van der Waals surface area contributed by atoms with E-state index in [-0.39, 0.29) is 38.5 Å². The van der Waals surface area contributed by atoms with Gasteiger partial charge in [-0.15, -0.1) is 0 Å². The summed E-state index contributed by atoms with van der Waals surface area (Å²) in [4.78, 5) is 24.8. The van der Waals surface area contributed by atoms with Gasteiger partial charge in [0.1, 0.15) is 30.5 Å². The fourth-order valence-electron chi connectivity index (χ4n) is 3.36. The molecule has 2 N–H and O–H groups in total. The summed E-state index contributed by atoms with van der Waals surface area (Å²) in [6, 6.07) is 11.3. The number of aliphatic carboxylic acids is 1.